The third-order valence-electron chi connectivity index (χ3n) is 10.1. The number of hydrogen-bond donors (Lipinski definition) is 0. The molecule has 0 saturated carbocycles. The van der Waals surface area contributed by atoms with E-state index in [1.54, 1.807) is 0 Å². The Kier molecular flexibility index (Phi) is 6.01. The van der Waals surface area contributed by atoms with Crippen LogP contribution in [0.4, 0.5) is 0 Å². The standard InChI is InChI=1S/C44H27N2P/c1-46-43-28-31(26-34(29-45)47(43,32-14-4-2-5-15-32)33-16-6-3-7-17-33)30-24-25-42-38(27-30)37-20-10-13-23-41(37)44(42)39-21-11-8-18-35(39)36-19-9-12-22-40(36)44/h2-28H. The molecule has 0 atom stereocenters. The molecule has 3 heteroatoms. The first kappa shape index (κ1) is 27.4. The summed E-state index contributed by atoms with van der Waals surface area (Å²) in [6.07, 6.45) is 4.08. The number of nitriles is 1. The van der Waals surface area contributed by atoms with Crippen molar-refractivity contribution in [2.24, 2.45) is 0 Å². The van der Waals surface area contributed by atoms with E-state index in [4.69, 9.17) is 6.57 Å². The zero-order chi connectivity index (χ0) is 31.6. The maximum absolute atomic E-state index is 10.8. The van der Waals surface area contributed by atoms with Crippen LogP contribution in [0.5, 0.6) is 0 Å². The lowest BCUT2D eigenvalue weighted by Crippen LogP contribution is -2.25. The molecule has 218 valence electrons. The van der Waals surface area contributed by atoms with Gasteiger partial charge in [-0.25, -0.2) is 4.85 Å². The van der Waals surface area contributed by atoms with Crippen LogP contribution in [0, 0.1) is 17.9 Å². The van der Waals surface area contributed by atoms with Gasteiger partial charge in [0.1, 0.15) is 0 Å². The van der Waals surface area contributed by atoms with Gasteiger partial charge in [-0.2, -0.15) is 5.26 Å². The summed E-state index contributed by atoms with van der Waals surface area (Å²) in [7, 11) is 0. The molecule has 2 aliphatic carbocycles. The van der Waals surface area contributed by atoms with E-state index in [1.807, 2.05) is 48.6 Å². The third kappa shape index (κ3) is 3.54. The van der Waals surface area contributed by atoms with E-state index in [0.717, 1.165) is 21.7 Å². The number of benzene rings is 6. The van der Waals surface area contributed by atoms with Crippen LogP contribution in [0.2, 0.25) is 0 Å². The summed E-state index contributed by atoms with van der Waals surface area (Å²) in [5, 5.41) is 13.5. The van der Waals surface area contributed by atoms with E-state index in [0.29, 0.717) is 10.7 Å². The van der Waals surface area contributed by atoms with Crippen molar-refractivity contribution in [3.05, 3.63) is 208 Å². The van der Waals surface area contributed by atoms with E-state index in [1.165, 1.54) is 44.5 Å². The summed E-state index contributed by atoms with van der Waals surface area (Å²) in [4.78, 5) is 4.19. The topological polar surface area (TPSA) is 28.1 Å². The van der Waals surface area contributed by atoms with Crippen molar-refractivity contribution in [2.45, 2.75) is 5.41 Å². The number of fused-ring (bicyclic) bond motifs is 10. The summed E-state index contributed by atoms with van der Waals surface area (Å²) in [6.45, 7) is 5.82. The van der Waals surface area contributed by atoms with Gasteiger partial charge in [0.05, 0.1) is 23.3 Å². The van der Waals surface area contributed by atoms with Gasteiger partial charge in [0, 0.05) is 6.89 Å². The molecular formula is C44H27N2P. The van der Waals surface area contributed by atoms with Crippen LogP contribution >= 0.6 is 6.89 Å². The molecule has 0 N–H and O–H groups in total. The Balaban J connectivity index is 1.31. The van der Waals surface area contributed by atoms with Crippen LogP contribution in [-0.2, 0) is 5.41 Å². The van der Waals surface area contributed by atoms with Crippen molar-refractivity contribution in [1.29, 1.82) is 5.26 Å². The fraction of sp³-hybridized carbons (Fsp3) is 0.0227. The molecule has 0 saturated heterocycles. The fourth-order valence-electron chi connectivity index (χ4n) is 8.30. The minimum Gasteiger partial charge on any atom is -0.237 e. The average molecular weight is 615 g/mol. The second-order valence-corrected chi connectivity index (χ2v) is 15.5. The van der Waals surface area contributed by atoms with Gasteiger partial charge in [0.2, 0.25) is 0 Å². The van der Waals surface area contributed by atoms with Crippen LogP contribution in [0.1, 0.15) is 27.8 Å². The Morgan fingerprint density at radius 3 is 1.51 bits per heavy atom. The minimum absolute atomic E-state index is 0.401. The highest BCUT2D eigenvalue weighted by Crippen LogP contribution is 2.63. The van der Waals surface area contributed by atoms with Gasteiger partial charge in [-0.05, 0) is 84.5 Å². The Bertz CT molecular complexity index is 2400. The van der Waals surface area contributed by atoms with E-state index >= 15 is 0 Å². The molecule has 2 nitrogen and oxygen atoms in total. The van der Waals surface area contributed by atoms with E-state index in [9.17, 15) is 5.26 Å². The van der Waals surface area contributed by atoms with Crippen molar-refractivity contribution < 1.29 is 0 Å². The highest BCUT2D eigenvalue weighted by Gasteiger charge is 2.51. The van der Waals surface area contributed by atoms with Crippen LogP contribution in [-0.4, -0.2) is 5.29 Å². The number of nitrogens with zero attached hydrogens (tertiary/aromatic N) is 2. The first-order chi connectivity index (χ1) is 23.2. The zero-order valence-electron chi connectivity index (χ0n) is 25.4. The summed E-state index contributed by atoms with van der Waals surface area (Å²) >= 11 is 0. The molecule has 0 unspecified atom stereocenters. The maximum atomic E-state index is 10.8. The summed E-state index contributed by atoms with van der Waals surface area (Å²) in [5.74, 6) is 0. The Labute approximate surface area is 275 Å². The smallest absolute Gasteiger partial charge is 0.196 e. The predicted molar refractivity (Wildman–Crippen MR) is 195 cm³/mol. The summed E-state index contributed by atoms with van der Waals surface area (Å²) < 4.78 is 0. The van der Waals surface area contributed by atoms with Gasteiger partial charge in [-0.1, -0.05) is 146 Å². The van der Waals surface area contributed by atoms with Crippen molar-refractivity contribution in [1.82, 2.24) is 0 Å². The van der Waals surface area contributed by atoms with Crippen molar-refractivity contribution >= 4 is 28.4 Å². The molecule has 6 aromatic carbocycles. The third-order valence-corrected chi connectivity index (χ3v) is 14.1. The monoisotopic (exact) mass is 614 g/mol. The second-order valence-electron chi connectivity index (χ2n) is 12.2. The van der Waals surface area contributed by atoms with Crippen molar-refractivity contribution in [3.63, 3.8) is 0 Å². The highest BCUT2D eigenvalue weighted by molar-refractivity contribution is 7.93. The van der Waals surface area contributed by atoms with Gasteiger partial charge < -0.3 is 0 Å². The lowest BCUT2D eigenvalue weighted by Gasteiger charge is -2.31. The van der Waals surface area contributed by atoms with E-state index in [2.05, 4.69) is 126 Å². The van der Waals surface area contributed by atoms with Gasteiger partial charge in [-0.15, -0.1) is 0 Å². The molecule has 0 bridgehead atoms. The van der Waals surface area contributed by atoms with Gasteiger partial charge in [0.15, 0.2) is 5.44 Å². The Morgan fingerprint density at radius 1 is 0.532 bits per heavy atom. The first-order valence-electron chi connectivity index (χ1n) is 15.8. The molecule has 1 heterocycles. The molecule has 0 radical (unpaired) electrons. The lowest BCUT2D eigenvalue weighted by atomic mass is 9.70. The maximum Gasteiger partial charge on any atom is 0.196 e. The average Bonchev–Trinajstić information content (AvgIpc) is 3.62. The molecule has 3 aliphatic rings. The van der Waals surface area contributed by atoms with Crippen LogP contribution in [0.25, 0.3) is 32.7 Å². The molecule has 47 heavy (non-hydrogen) atoms. The van der Waals surface area contributed by atoms with Gasteiger partial charge >= 0.3 is 0 Å². The molecule has 9 rings (SSSR count). The SMILES string of the molecule is [C-]#[N+]C1=CC(c2ccc3c(c2)-c2ccccc2C32c3ccccc3-c3ccccc32)=CC(C#N)=P1(c1ccccc1)c1ccccc1. The van der Waals surface area contributed by atoms with Gasteiger partial charge in [-0.3, -0.25) is 0 Å². The second kappa shape index (κ2) is 10.3. The molecule has 0 amide bonds. The van der Waals surface area contributed by atoms with Gasteiger partial charge in [0.25, 0.3) is 0 Å². The number of hydrogen-bond acceptors (Lipinski definition) is 1. The Hall–Kier alpha value is -5.92. The lowest BCUT2D eigenvalue weighted by molar-refractivity contribution is 0.793. The normalized spacial score (nSPS) is 15.7. The number of allylic oxidation sites excluding steroid dienone is 3. The molecule has 0 fully saturated rings. The predicted octanol–water partition coefficient (Wildman–Crippen LogP) is 9.55. The van der Waals surface area contributed by atoms with E-state index in [-0.39, 0.29) is 0 Å². The number of rotatable bonds is 3. The largest absolute Gasteiger partial charge is 0.237 e. The van der Waals surface area contributed by atoms with Crippen LogP contribution in [0.3, 0.4) is 0 Å². The van der Waals surface area contributed by atoms with E-state index < -0.39 is 12.3 Å². The Morgan fingerprint density at radius 2 is 1.00 bits per heavy atom. The summed E-state index contributed by atoms with van der Waals surface area (Å²) in [5.41, 5.74) is 12.3. The minimum atomic E-state index is -2.65. The summed E-state index contributed by atoms with van der Waals surface area (Å²) in [6, 6.07) is 56.0. The molecule has 1 spiro atoms. The quantitative estimate of drug-likeness (QED) is 0.144. The fourth-order valence-corrected chi connectivity index (χ4v) is 12.1. The molecule has 6 aromatic rings. The molecule has 1 aliphatic heterocycles. The highest BCUT2D eigenvalue weighted by atomic mass is 31.2. The molecule has 0 aromatic heterocycles. The molecular weight excluding hydrogens is 587 g/mol. The van der Waals surface area contributed by atoms with Crippen LogP contribution in [0.15, 0.2) is 169 Å². The first-order valence-corrected chi connectivity index (χ1v) is 17.6. The van der Waals surface area contributed by atoms with Crippen LogP contribution < -0.4 is 10.6 Å². The zero-order valence-corrected chi connectivity index (χ0v) is 26.3. The van der Waals surface area contributed by atoms with Crippen molar-refractivity contribution in [2.75, 3.05) is 0 Å². The van der Waals surface area contributed by atoms with Crippen molar-refractivity contribution in [3.8, 4) is 28.3 Å².